The van der Waals surface area contributed by atoms with Gasteiger partial charge in [-0.2, -0.15) is 4.80 Å². The summed E-state index contributed by atoms with van der Waals surface area (Å²) in [6.07, 6.45) is 0. The Morgan fingerprint density at radius 3 is 2.41 bits per heavy atom. The van der Waals surface area contributed by atoms with E-state index in [4.69, 9.17) is 4.74 Å². The molecule has 8 heteroatoms. The Bertz CT molecular complexity index is 919. The molecular formula is C19H21F2N5O. The van der Waals surface area contributed by atoms with Gasteiger partial charge in [-0.3, -0.25) is 0 Å². The van der Waals surface area contributed by atoms with E-state index >= 15 is 0 Å². The molecule has 0 saturated carbocycles. The van der Waals surface area contributed by atoms with Gasteiger partial charge in [0.2, 0.25) is 5.82 Å². The van der Waals surface area contributed by atoms with Crippen LogP contribution in [0.5, 0.6) is 5.75 Å². The fourth-order valence-electron chi connectivity index (χ4n) is 2.72. The summed E-state index contributed by atoms with van der Waals surface area (Å²) in [5.41, 5.74) is 2.28. The predicted molar refractivity (Wildman–Crippen MR) is 99.6 cm³/mol. The zero-order valence-corrected chi connectivity index (χ0v) is 15.6. The second-order valence-corrected chi connectivity index (χ2v) is 6.18. The van der Waals surface area contributed by atoms with Crippen molar-refractivity contribution in [2.45, 2.75) is 26.3 Å². The van der Waals surface area contributed by atoms with Gasteiger partial charge in [0.25, 0.3) is 5.92 Å². The summed E-state index contributed by atoms with van der Waals surface area (Å²) in [7, 11) is 3.44. The molecule has 27 heavy (non-hydrogen) atoms. The molecule has 0 atom stereocenters. The van der Waals surface area contributed by atoms with E-state index in [9.17, 15) is 8.78 Å². The molecule has 0 saturated heterocycles. The van der Waals surface area contributed by atoms with E-state index in [0.29, 0.717) is 18.1 Å². The Balaban J connectivity index is 2.02. The third-order valence-electron chi connectivity index (χ3n) is 4.30. The normalized spacial score (nSPS) is 11.5. The van der Waals surface area contributed by atoms with Crippen LogP contribution in [0.1, 0.15) is 19.4 Å². The molecule has 0 spiro atoms. The smallest absolute Gasteiger partial charge is 0.270 e. The van der Waals surface area contributed by atoms with E-state index in [-0.39, 0.29) is 5.56 Å². The van der Waals surface area contributed by atoms with Crippen molar-refractivity contribution in [2.24, 2.45) is 0 Å². The number of halogens is 2. The van der Waals surface area contributed by atoms with Gasteiger partial charge >= 0.3 is 0 Å². The second-order valence-electron chi connectivity index (χ2n) is 6.18. The SMILES string of the molecule is CCn1nnc(-c2cc(OC)ccc2N(C)c2ccc(C(C)(F)F)cc2)n1. The average Bonchev–Trinajstić information content (AvgIpc) is 3.15. The number of hydrogen-bond acceptors (Lipinski definition) is 5. The summed E-state index contributed by atoms with van der Waals surface area (Å²) < 4.78 is 32.2. The van der Waals surface area contributed by atoms with Crippen molar-refractivity contribution < 1.29 is 13.5 Å². The third kappa shape index (κ3) is 3.89. The number of rotatable bonds is 6. The summed E-state index contributed by atoms with van der Waals surface area (Å²) in [4.78, 5) is 3.38. The molecular weight excluding hydrogens is 352 g/mol. The number of ether oxygens (including phenoxy) is 1. The van der Waals surface area contributed by atoms with Crippen LogP contribution in [-0.4, -0.2) is 34.4 Å². The molecule has 2 aromatic carbocycles. The van der Waals surface area contributed by atoms with Gasteiger partial charge in [0.15, 0.2) is 0 Å². The molecule has 0 N–H and O–H groups in total. The molecule has 0 amide bonds. The van der Waals surface area contributed by atoms with Crippen LogP contribution >= 0.6 is 0 Å². The van der Waals surface area contributed by atoms with Crippen LogP contribution in [0.2, 0.25) is 0 Å². The van der Waals surface area contributed by atoms with Gasteiger partial charge in [0, 0.05) is 25.2 Å². The number of nitrogens with zero attached hydrogens (tertiary/aromatic N) is 5. The Hall–Kier alpha value is -3.03. The minimum Gasteiger partial charge on any atom is -0.497 e. The number of tetrazole rings is 1. The van der Waals surface area contributed by atoms with Crippen molar-refractivity contribution in [3.63, 3.8) is 0 Å². The van der Waals surface area contributed by atoms with Gasteiger partial charge in [-0.15, -0.1) is 10.2 Å². The van der Waals surface area contributed by atoms with Crippen molar-refractivity contribution in [3.8, 4) is 17.1 Å². The van der Waals surface area contributed by atoms with Crippen LogP contribution < -0.4 is 9.64 Å². The number of methoxy groups -OCH3 is 1. The molecule has 0 aliphatic carbocycles. The zero-order chi connectivity index (χ0) is 19.6. The van der Waals surface area contributed by atoms with Gasteiger partial charge < -0.3 is 9.64 Å². The second kappa shape index (κ2) is 7.30. The maximum atomic E-state index is 13.5. The topological polar surface area (TPSA) is 56.1 Å². The highest BCUT2D eigenvalue weighted by atomic mass is 19.3. The Kier molecular flexibility index (Phi) is 5.07. The van der Waals surface area contributed by atoms with Crippen molar-refractivity contribution in [2.75, 3.05) is 19.1 Å². The maximum absolute atomic E-state index is 13.5. The molecule has 0 aliphatic rings. The number of benzene rings is 2. The van der Waals surface area contributed by atoms with Gasteiger partial charge in [-0.05, 0) is 42.5 Å². The minimum absolute atomic E-state index is 0.0258. The minimum atomic E-state index is -2.87. The average molecular weight is 373 g/mol. The monoisotopic (exact) mass is 373 g/mol. The molecule has 3 rings (SSSR count). The predicted octanol–water partition coefficient (Wildman–Crippen LogP) is 4.25. The largest absolute Gasteiger partial charge is 0.497 e. The van der Waals surface area contributed by atoms with Crippen LogP contribution in [0.3, 0.4) is 0 Å². The quantitative estimate of drug-likeness (QED) is 0.647. The van der Waals surface area contributed by atoms with Crippen molar-refractivity contribution >= 4 is 11.4 Å². The molecule has 0 fully saturated rings. The first-order valence-electron chi connectivity index (χ1n) is 8.51. The molecule has 0 aliphatic heterocycles. The van der Waals surface area contributed by atoms with Crippen LogP contribution in [0.4, 0.5) is 20.2 Å². The third-order valence-corrected chi connectivity index (χ3v) is 4.30. The van der Waals surface area contributed by atoms with Crippen LogP contribution in [-0.2, 0) is 12.5 Å². The number of aryl methyl sites for hydroxylation is 1. The van der Waals surface area contributed by atoms with E-state index < -0.39 is 5.92 Å². The van der Waals surface area contributed by atoms with Gasteiger partial charge in [0.1, 0.15) is 5.75 Å². The Morgan fingerprint density at radius 2 is 1.85 bits per heavy atom. The molecule has 0 radical (unpaired) electrons. The lowest BCUT2D eigenvalue weighted by Crippen LogP contribution is -2.12. The molecule has 0 unspecified atom stereocenters. The number of hydrogen-bond donors (Lipinski definition) is 0. The maximum Gasteiger partial charge on any atom is 0.270 e. The van der Waals surface area contributed by atoms with Gasteiger partial charge in [0.05, 0.1) is 24.9 Å². The van der Waals surface area contributed by atoms with E-state index in [1.54, 1.807) is 19.2 Å². The fraction of sp³-hybridized carbons (Fsp3) is 0.316. The molecule has 142 valence electrons. The lowest BCUT2D eigenvalue weighted by atomic mass is 10.1. The zero-order valence-electron chi connectivity index (χ0n) is 15.6. The molecule has 1 heterocycles. The van der Waals surface area contributed by atoms with Gasteiger partial charge in [-0.25, -0.2) is 8.78 Å². The fourth-order valence-corrected chi connectivity index (χ4v) is 2.72. The van der Waals surface area contributed by atoms with Crippen LogP contribution in [0.15, 0.2) is 42.5 Å². The molecule has 1 aromatic heterocycles. The van der Waals surface area contributed by atoms with Crippen LogP contribution in [0.25, 0.3) is 11.4 Å². The summed E-state index contributed by atoms with van der Waals surface area (Å²) in [6, 6.07) is 11.7. The van der Waals surface area contributed by atoms with Crippen molar-refractivity contribution in [3.05, 3.63) is 48.0 Å². The summed E-state index contributed by atoms with van der Waals surface area (Å²) >= 11 is 0. The van der Waals surface area contributed by atoms with Crippen molar-refractivity contribution in [1.82, 2.24) is 20.2 Å². The molecule has 0 bridgehead atoms. The van der Waals surface area contributed by atoms with E-state index in [1.807, 2.05) is 37.1 Å². The van der Waals surface area contributed by atoms with Crippen LogP contribution in [0, 0.1) is 0 Å². The highest BCUT2D eigenvalue weighted by molar-refractivity contribution is 5.80. The Morgan fingerprint density at radius 1 is 1.15 bits per heavy atom. The number of aromatic nitrogens is 4. The summed E-state index contributed by atoms with van der Waals surface area (Å²) in [5.74, 6) is -1.74. The summed E-state index contributed by atoms with van der Waals surface area (Å²) in [5, 5.41) is 12.5. The van der Waals surface area contributed by atoms with E-state index in [0.717, 1.165) is 23.9 Å². The van der Waals surface area contributed by atoms with Gasteiger partial charge in [-0.1, -0.05) is 12.1 Å². The van der Waals surface area contributed by atoms with E-state index in [2.05, 4.69) is 15.4 Å². The number of alkyl halides is 2. The first-order valence-corrected chi connectivity index (χ1v) is 8.51. The highest BCUT2D eigenvalue weighted by Crippen LogP contribution is 2.36. The summed E-state index contributed by atoms with van der Waals surface area (Å²) in [6.45, 7) is 3.42. The van der Waals surface area contributed by atoms with E-state index in [1.165, 1.54) is 16.9 Å². The van der Waals surface area contributed by atoms with Crippen molar-refractivity contribution in [1.29, 1.82) is 0 Å². The first kappa shape index (κ1) is 18.8. The first-order chi connectivity index (χ1) is 12.8. The molecule has 3 aromatic rings. The standard InChI is InChI=1S/C19H21F2N5O/c1-5-26-23-18(22-24-26)16-12-15(27-4)10-11-17(16)25(3)14-8-6-13(7-9-14)19(2,20)21/h6-12H,5H2,1-4H3. The highest BCUT2D eigenvalue weighted by Gasteiger charge is 2.24. The number of anilines is 2. The molecule has 6 nitrogen and oxygen atoms in total. The lowest BCUT2D eigenvalue weighted by molar-refractivity contribution is 0.0175. The Labute approximate surface area is 156 Å². The lowest BCUT2D eigenvalue weighted by Gasteiger charge is -2.23.